The summed E-state index contributed by atoms with van der Waals surface area (Å²) in [7, 11) is 1.83. The van der Waals surface area contributed by atoms with Gasteiger partial charge in [0.1, 0.15) is 84.4 Å². The molecule has 4 aromatic carbocycles. The molecule has 2 aliphatic carbocycles. The lowest BCUT2D eigenvalue weighted by Crippen LogP contribution is -2.67. The molecule has 4 fully saturated rings. The van der Waals surface area contributed by atoms with Crippen LogP contribution in [0.2, 0.25) is 0 Å². The second-order valence-electron chi connectivity index (χ2n) is 36.1. The van der Waals surface area contributed by atoms with E-state index >= 15 is 33.6 Å². The predicted molar refractivity (Wildman–Crippen MR) is 501 cm³/mol. The summed E-state index contributed by atoms with van der Waals surface area (Å²) in [6.45, 7) is 8.61. The number of primary amides is 5. The van der Waals surface area contributed by atoms with Crippen LogP contribution in [0.5, 0.6) is 5.75 Å². The van der Waals surface area contributed by atoms with Crippen molar-refractivity contribution in [3.05, 3.63) is 114 Å². The van der Waals surface area contributed by atoms with Crippen LogP contribution in [-0.4, -0.2) is 237 Å². The fourth-order valence-electron chi connectivity index (χ4n) is 17.2. The summed E-state index contributed by atoms with van der Waals surface area (Å²) >= 11 is 0. The normalized spacial score (nSPS) is 22.0. The summed E-state index contributed by atoms with van der Waals surface area (Å²) in [6.07, 6.45) is 1.34. The lowest BCUT2D eigenvalue weighted by molar-refractivity contribution is -0.141. The average molecular weight is 1910 g/mol. The van der Waals surface area contributed by atoms with Gasteiger partial charge in [0.25, 0.3) is 0 Å². The Balaban J connectivity index is 1.14. The Bertz CT molecular complexity index is 5110. The molecule has 2 saturated carbocycles. The fourth-order valence-corrected chi connectivity index (χ4v) is 20.0. The van der Waals surface area contributed by atoms with Crippen molar-refractivity contribution in [2.24, 2.45) is 52.2 Å². The number of aromatic nitrogens is 1. The largest absolute Gasteiger partial charge is 0.492 e. The Morgan fingerprint density at radius 3 is 1.78 bits per heavy atom. The smallest absolute Gasteiger partial charge is 0.246 e. The Hall–Kier alpha value is -12.5. The number of unbranched alkanes of at least 4 members (excludes halogenated alkanes) is 1. The fraction of sp³-hybridized carbons (Fsp3) is 0.543. The zero-order valence-corrected chi connectivity index (χ0v) is 78.3. The average Bonchev–Trinajstić information content (AvgIpc) is 1.04. The van der Waals surface area contributed by atoms with Crippen molar-refractivity contribution in [2.75, 3.05) is 32.9 Å². The third-order valence-electron chi connectivity index (χ3n) is 24.7. The van der Waals surface area contributed by atoms with Crippen molar-refractivity contribution in [3.63, 3.8) is 0 Å². The van der Waals surface area contributed by atoms with E-state index in [1.165, 1.54) is 20.8 Å². The minimum Gasteiger partial charge on any atom is -0.492 e. The van der Waals surface area contributed by atoms with E-state index in [1.807, 2.05) is 18.2 Å². The molecule has 3 heterocycles. The second-order valence-corrected chi connectivity index (χ2v) is 39.5. The third-order valence-corrected chi connectivity index (χ3v) is 29.0. The lowest BCUT2D eigenvalue weighted by atomic mass is 9.75. The molecule has 2 aliphatic heterocycles. The highest BCUT2D eigenvalue weighted by Gasteiger charge is 2.49. The highest BCUT2D eigenvalue weighted by molar-refractivity contribution is 8.77. The van der Waals surface area contributed by atoms with Gasteiger partial charge < -0.3 is 123 Å². The number of aliphatic hydroxyl groups is 1. The number of hydrogen-bond acceptors (Lipinski definition) is 24. The van der Waals surface area contributed by atoms with Gasteiger partial charge in [-0.15, -0.1) is 0 Å². The Labute approximate surface area is 789 Å². The van der Waals surface area contributed by atoms with Crippen LogP contribution in [0, 0.1) is 17.8 Å². The number of benzene rings is 4. The highest BCUT2D eigenvalue weighted by atomic mass is 33.1. The van der Waals surface area contributed by atoms with Crippen LogP contribution < -0.4 is 108 Å². The molecule has 2 saturated heterocycles. The number of aliphatic hydroxyl groups excluding tert-OH is 1. The number of nitrogens with one attached hydrogen (secondary N) is 14. The van der Waals surface area contributed by atoms with Crippen LogP contribution in [-0.2, 0) is 110 Å². The van der Waals surface area contributed by atoms with Crippen molar-refractivity contribution < 1.29 is 101 Å². The molecule has 135 heavy (non-hydrogen) atoms. The number of amides is 18. The predicted octanol–water partition coefficient (Wildman–Crippen LogP) is -1.30. The molecular weight excluding hydrogens is 1790 g/mol. The number of carbonyl (C=O) groups excluding carboxylic acids is 18. The first-order valence-electron chi connectivity index (χ1n) is 45.4. The summed E-state index contributed by atoms with van der Waals surface area (Å²) in [5.41, 5.74) is 33.5. The van der Waals surface area contributed by atoms with E-state index in [2.05, 4.69) is 74.1 Å². The van der Waals surface area contributed by atoms with Crippen LogP contribution >= 0.6 is 21.6 Å². The minimum absolute atomic E-state index is 0.103. The van der Waals surface area contributed by atoms with Gasteiger partial charge in [0, 0.05) is 104 Å². The van der Waals surface area contributed by atoms with Crippen molar-refractivity contribution in [2.45, 2.75) is 264 Å². The molecule has 12 atom stereocenters. The molecule has 43 heteroatoms. The zero-order chi connectivity index (χ0) is 98.6. The maximum Gasteiger partial charge on any atom is 0.246 e. The maximum atomic E-state index is 16.5. The van der Waals surface area contributed by atoms with E-state index in [0.717, 1.165) is 72.4 Å². The lowest BCUT2D eigenvalue weighted by Gasteiger charge is -2.40. The van der Waals surface area contributed by atoms with E-state index in [4.69, 9.17) is 43.9 Å². The minimum atomic E-state index is -2.02. The molecular formula is C92H128N20O21S2. The number of rotatable bonds is 40. The number of fused-ring (bicyclic) bond motifs is 2. The Morgan fingerprint density at radius 1 is 0.563 bits per heavy atom. The SMILES string of the molecule is CC(=O)NCCCCC(NC(=O)C1(NC(=O)C(Cc2ccc3ccccc3c2)NC(=O)C(Cc2ccc(OCCN)cc2)NC(=O)C2NC(=O)C(CCC(N)=O)NC(=O)C(Cc3c[nH]c4ccccc34)NC(=O)C(C(C)O)NC(=O)C(CC(N)=O)NC(=O)C(NC(=O)C3CCC(C4CCCC4)CC3)C(C)(C)SSC2(C)C)CCOCC1)C(=O)NC(CC(N)=O)C(=O)NC(CC(N)=O)C(N)=O. The van der Waals surface area contributed by atoms with Gasteiger partial charge in [-0.2, -0.15) is 0 Å². The molecule has 41 nitrogen and oxygen atoms in total. The van der Waals surface area contributed by atoms with Crippen LogP contribution in [0.15, 0.2) is 97.2 Å². The molecule has 0 radical (unpaired) electrons. The summed E-state index contributed by atoms with van der Waals surface area (Å²) < 4.78 is 8.26. The van der Waals surface area contributed by atoms with Gasteiger partial charge >= 0.3 is 0 Å². The Kier molecular flexibility index (Phi) is 39.1. The number of carbonyl (C=O) groups is 18. The van der Waals surface area contributed by atoms with Crippen molar-refractivity contribution in [1.29, 1.82) is 0 Å². The monoisotopic (exact) mass is 1910 g/mol. The van der Waals surface area contributed by atoms with Crippen molar-refractivity contribution in [1.82, 2.24) is 74.1 Å². The van der Waals surface area contributed by atoms with Gasteiger partial charge in [-0.25, -0.2) is 0 Å². The van der Waals surface area contributed by atoms with E-state index in [0.29, 0.717) is 63.4 Å². The number of aromatic amines is 1. The summed E-state index contributed by atoms with van der Waals surface area (Å²) in [5, 5.41) is 48.0. The van der Waals surface area contributed by atoms with E-state index in [-0.39, 0.29) is 83.8 Å². The number of ether oxygens (including phenoxy) is 2. The standard InChI is InChI=1S/C92H128N20O21S2/c1-49(113)74-86(128)105-67(44-58-48-100-61-20-12-11-19-60(58)61)82(124)101-63(32-33-70(94)115)80(122)111-76(91(5,6)135-134-90(3,4)75(87(129)107-69(47-73(97)118)84(126)109-74)110-78(120)56-28-26-55(27-29-56)53-15-7-8-16-53)88(130)106-65(42-51-23-30-59(31-24-51)133-40-36-93)81(123)103-66(43-52-22-25-54-17-9-10-18-57(54)41-52)85(127)112-92(34-38-132-39-35-92)89(131)108-62(21-13-14-37-99-50(2)114)79(121)104-68(46-72(96)117)83(125)102-64(77(98)119)45-71(95)116/h9-12,17-20,22-25,30-31,41,48-49,53,55-56,62-69,74-76,100,113H,7-8,13-16,21,26-29,32-40,42-47,93H2,1-6H3,(H2,94,115)(H2,95,116)(H2,96,117)(H2,97,118)(H2,98,119)(H,99,114)(H,101,124)(H,102,125)(H,103,123)(H,104,121)(H,105,128)(H,106,130)(H,107,129)(H,108,131)(H,109,126)(H,110,120)(H,111,122)(H,112,127). The Morgan fingerprint density at radius 2 is 1.13 bits per heavy atom. The van der Waals surface area contributed by atoms with E-state index in [1.54, 1.807) is 92.8 Å². The van der Waals surface area contributed by atoms with Crippen LogP contribution in [0.3, 0.4) is 0 Å². The second kappa shape index (κ2) is 49.7. The van der Waals surface area contributed by atoms with Gasteiger partial charge in [0.05, 0.1) is 25.4 Å². The molecule has 9 rings (SSSR count). The van der Waals surface area contributed by atoms with Gasteiger partial charge in [-0.05, 0) is 143 Å². The van der Waals surface area contributed by atoms with E-state index in [9.17, 15) is 57.8 Å². The number of hydrogen-bond donors (Lipinski definition) is 21. The molecule has 0 bridgehead atoms. The van der Waals surface area contributed by atoms with Crippen LogP contribution in [0.1, 0.15) is 174 Å². The summed E-state index contributed by atoms with van der Waals surface area (Å²) in [6, 6.07) is 6.01. The number of para-hydroxylation sites is 1. The third kappa shape index (κ3) is 31.3. The summed E-state index contributed by atoms with van der Waals surface area (Å²) in [5.74, 6) is -17.8. The van der Waals surface area contributed by atoms with E-state index < -0.39 is 232 Å². The first-order chi connectivity index (χ1) is 64.0. The van der Waals surface area contributed by atoms with Crippen LogP contribution in [0.25, 0.3) is 21.7 Å². The summed E-state index contributed by atoms with van der Waals surface area (Å²) in [4.78, 5) is 262. The quantitative estimate of drug-likeness (QED) is 0.0160. The van der Waals surface area contributed by atoms with Crippen molar-refractivity contribution in [3.8, 4) is 5.75 Å². The van der Waals surface area contributed by atoms with Gasteiger partial charge in [-0.3, -0.25) is 86.3 Å². The molecule has 1 aromatic heterocycles. The van der Waals surface area contributed by atoms with Gasteiger partial charge in [0.2, 0.25) is 106 Å². The first-order valence-corrected chi connectivity index (χ1v) is 47.6. The molecule has 0 spiro atoms. The van der Waals surface area contributed by atoms with Crippen LogP contribution in [0.4, 0.5) is 0 Å². The first kappa shape index (κ1) is 106. The highest BCUT2D eigenvalue weighted by Crippen LogP contribution is 2.48. The maximum absolute atomic E-state index is 16.5. The number of H-pyrrole nitrogens is 1. The molecule has 4 aliphatic rings. The van der Waals surface area contributed by atoms with Crippen molar-refractivity contribution >= 4 is 150 Å². The molecule has 27 N–H and O–H groups in total. The molecule has 12 unspecified atom stereocenters. The molecule has 5 aromatic rings. The van der Waals surface area contributed by atoms with Gasteiger partial charge in [0.15, 0.2) is 0 Å². The molecule has 18 amide bonds. The topological polar surface area (TPSA) is 674 Å². The zero-order valence-electron chi connectivity index (χ0n) is 76.7. The van der Waals surface area contributed by atoms with Gasteiger partial charge in [-0.1, -0.05) is 120 Å². The molecule has 734 valence electrons. The number of nitrogens with two attached hydrogens (primary N) is 6.